The number of unbranched alkanes of at least 4 members (excludes halogenated alkanes) is 15. The van der Waals surface area contributed by atoms with Gasteiger partial charge >= 0.3 is 17.9 Å². The van der Waals surface area contributed by atoms with Gasteiger partial charge in [0.25, 0.3) is 0 Å². The number of esters is 3. The van der Waals surface area contributed by atoms with E-state index in [4.69, 9.17) is 14.2 Å². The summed E-state index contributed by atoms with van der Waals surface area (Å²) in [4.78, 5) is 37.8. The molecular formula is C56H90O6. The molecule has 0 aromatic heterocycles. The average Bonchev–Trinajstić information content (AvgIpc) is 3.27. The number of carbonyl (C=O) groups is 3. The summed E-state index contributed by atoms with van der Waals surface area (Å²) in [6, 6.07) is 0. The second kappa shape index (κ2) is 49.7. The van der Waals surface area contributed by atoms with Gasteiger partial charge in [-0.3, -0.25) is 14.4 Å². The molecule has 0 N–H and O–H groups in total. The summed E-state index contributed by atoms with van der Waals surface area (Å²) in [5, 5.41) is 0. The van der Waals surface area contributed by atoms with Crippen LogP contribution in [0.25, 0.3) is 0 Å². The predicted molar refractivity (Wildman–Crippen MR) is 265 cm³/mol. The van der Waals surface area contributed by atoms with Crippen LogP contribution in [-0.2, 0) is 28.6 Å². The van der Waals surface area contributed by atoms with Crippen LogP contribution in [0, 0.1) is 0 Å². The Morgan fingerprint density at radius 3 is 1.06 bits per heavy atom. The zero-order chi connectivity index (χ0) is 45.1. The summed E-state index contributed by atoms with van der Waals surface area (Å²) in [6.07, 6.45) is 66.9. The molecule has 1 unspecified atom stereocenters. The molecule has 0 aliphatic heterocycles. The Morgan fingerprint density at radius 2 is 0.677 bits per heavy atom. The van der Waals surface area contributed by atoms with Crippen LogP contribution in [-0.4, -0.2) is 37.2 Å². The van der Waals surface area contributed by atoms with Gasteiger partial charge in [0.1, 0.15) is 13.2 Å². The minimum absolute atomic E-state index is 0.0803. The Morgan fingerprint density at radius 1 is 0.355 bits per heavy atom. The topological polar surface area (TPSA) is 78.9 Å². The van der Waals surface area contributed by atoms with Crippen LogP contribution >= 0.6 is 0 Å². The van der Waals surface area contributed by atoms with Gasteiger partial charge in [-0.25, -0.2) is 0 Å². The Kier molecular flexibility index (Phi) is 46.6. The van der Waals surface area contributed by atoms with Gasteiger partial charge in [-0.05, 0) is 70.6 Å². The molecule has 0 spiro atoms. The van der Waals surface area contributed by atoms with Crippen molar-refractivity contribution in [3.8, 4) is 0 Å². The lowest BCUT2D eigenvalue weighted by atomic mass is 10.0. The minimum atomic E-state index is -0.860. The molecule has 0 saturated carbocycles. The molecule has 1 atom stereocenters. The van der Waals surface area contributed by atoms with E-state index in [1.165, 1.54) is 83.5 Å². The average molecular weight is 859 g/mol. The molecule has 0 saturated heterocycles. The minimum Gasteiger partial charge on any atom is -0.462 e. The molecule has 0 aliphatic rings. The lowest BCUT2D eigenvalue weighted by Crippen LogP contribution is -2.30. The molecule has 6 nitrogen and oxygen atoms in total. The van der Waals surface area contributed by atoms with Gasteiger partial charge < -0.3 is 14.2 Å². The Bertz CT molecular complexity index is 1310. The molecule has 0 aromatic rings. The fraction of sp³-hybridized carbons (Fsp3) is 0.625. The van der Waals surface area contributed by atoms with E-state index in [1.807, 2.05) is 18.2 Å². The van der Waals surface area contributed by atoms with Gasteiger partial charge in [0.05, 0.1) is 6.42 Å². The molecule has 0 aromatic carbocycles. The van der Waals surface area contributed by atoms with E-state index in [1.54, 1.807) is 6.08 Å². The first-order chi connectivity index (χ1) is 30.5. The molecule has 0 bridgehead atoms. The number of allylic oxidation sites excluding steroid dienone is 17. The van der Waals surface area contributed by atoms with Crippen LogP contribution < -0.4 is 0 Å². The van der Waals surface area contributed by atoms with Gasteiger partial charge in [0.2, 0.25) is 0 Å². The maximum Gasteiger partial charge on any atom is 0.310 e. The standard InChI is InChI=1S/C56H90O6/c1-4-7-10-13-16-19-22-25-27-29-31-34-37-40-43-46-49-55(58)61-52-53(51-60-54(57)48-45-42-39-36-33-30-24-21-18-15-12-9-6-3)62-56(59)50-47-44-41-38-35-32-28-26-23-20-17-14-11-8-5-2/h8-9,11-12,17-18,20-21,26,28,30,33,35,38-39,42,44,47,53H,4-7,10,13-16,19,22-25,27,29,31-32,34,36-37,40-41,43,45-46,48-52H2,1-3H3/b11-8-,12-9-,20-17-,21-18-,28-26-,33-30-,38-35-,42-39-,47-44-. The molecule has 6 heteroatoms. The van der Waals surface area contributed by atoms with Crippen LogP contribution in [0.4, 0.5) is 0 Å². The van der Waals surface area contributed by atoms with Gasteiger partial charge in [-0.2, -0.15) is 0 Å². The van der Waals surface area contributed by atoms with Crippen LogP contribution in [0.2, 0.25) is 0 Å². The summed E-state index contributed by atoms with van der Waals surface area (Å²) < 4.78 is 16.6. The Labute approximate surface area is 380 Å². The van der Waals surface area contributed by atoms with Crippen LogP contribution in [0.5, 0.6) is 0 Å². The highest BCUT2D eigenvalue weighted by Crippen LogP contribution is 2.14. The lowest BCUT2D eigenvalue weighted by molar-refractivity contribution is -0.166. The summed E-state index contributed by atoms with van der Waals surface area (Å²) in [7, 11) is 0. The number of ether oxygens (including phenoxy) is 3. The van der Waals surface area contributed by atoms with Gasteiger partial charge in [0.15, 0.2) is 6.10 Å². The van der Waals surface area contributed by atoms with Gasteiger partial charge in [0, 0.05) is 12.8 Å². The van der Waals surface area contributed by atoms with E-state index in [0.29, 0.717) is 19.3 Å². The van der Waals surface area contributed by atoms with Crippen molar-refractivity contribution in [1.29, 1.82) is 0 Å². The molecule has 0 aliphatic carbocycles. The molecular weight excluding hydrogens is 769 g/mol. The quantitative estimate of drug-likeness (QED) is 0.0263. The fourth-order valence-electron chi connectivity index (χ4n) is 6.41. The SMILES string of the molecule is CC/C=C\C/C=C\C/C=C\C/C=C\C/C=C\CC(=O)OC(COC(=O)CC/C=C\C/C=C\C/C=C\C/C=C\CC)COC(=O)CCCCCCCCCCCCCCCCCC. The number of rotatable bonds is 43. The third-order valence-corrected chi connectivity index (χ3v) is 10.1. The van der Waals surface area contributed by atoms with Crippen molar-refractivity contribution in [3.05, 3.63) is 109 Å². The first-order valence-electron chi connectivity index (χ1n) is 24.9. The molecule has 0 rings (SSSR count). The van der Waals surface area contributed by atoms with Crippen LogP contribution in [0.3, 0.4) is 0 Å². The highest BCUT2D eigenvalue weighted by Gasteiger charge is 2.19. The summed E-state index contributed by atoms with van der Waals surface area (Å²) in [5.41, 5.74) is 0. The highest BCUT2D eigenvalue weighted by atomic mass is 16.6. The second-order valence-electron chi connectivity index (χ2n) is 16.0. The molecule has 0 amide bonds. The number of carbonyl (C=O) groups excluding carboxylic acids is 3. The molecule has 350 valence electrons. The van der Waals surface area contributed by atoms with Crippen LogP contribution in [0.1, 0.15) is 207 Å². The fourth-order valence-corrected chi connectivity index (χ4v) is 6.41. The largest absolute Gasteiger partial charge is 0.462 e. The van der Waals surface area contributed by atoms with Crippen molar-refractivity contribution in [3.63, 3.8) is 0 Å². The van der Waals surface area contributed by atoms with Crippen molar-refractivity contribution in [2.24, 2.45) is 0 Å². The van der Waals surface area contributed by atoms with Gasteiger partial charge in [-0.1, -0.05) is 226 Å². The van der Waals surface area contributed by atoms with Crippen molar-refractivity contribution in [2.45, 2.75) is 213 Å². The van der Waals surface area contributed by atoms with Crippen molar-refractivity contribution >= 4 is 17.9 Å². The molecule has 0 radical (unpaired) electrons. The maximum absolute atomic E-state index is 12.7. The Hall–Kier alpha value is -3.93. The molecule has 0 fully saturated rings. The molecule has 0 heterocycles. The van der Waals surface area contributed by atoms with E-state index in [0.717, 1.165) is 70.6 Å². The van der Waals surface area contributed by atoms with Gasteiger partial charge in [-0.15, -0.1) is 0 Å². The first kappa shape index (κ1) is 58.1. The summed E-state index contributed by atoms with van der Waals surface area (Å²) in [5.74, 6) is -1.16. The smallest absolute Gasteiger partial charge is 0.310 e. The van der Waals surface area contributed by atoms with Crippen LogP contribution in [0.15, 0.2) is 109 Å². The van der Waals surface area contributed by atoms with E-state index in [2.05, 4.69) is 106 Å². The first-order valence-corrected chi connectivity index (χ1v) is 24.9. The van der Waals surface area contributed by atoms with E-state index < -0.39 is 12.1 Å². The Balaban J connectivity index is 4.58. The second-order valence-corrected chi connectivity index (χ2v) is 16.0. The third-order valence-electron chi connectivity index (χ3n) is 10.1. The normalized spacial score (nSPS) is 13.0. The van der Waals surface area contributed by atoms with Crippen molar-refractivity contribution in [2.75, 3.05) is 13.2 Å². The zero-order valence-electron chi connectivity index (χ0n) is 39.8. The number of hydrogen-bond acceptors (Lipinski definition) is 6. The van der Waals surface area contributed by atoms with E-state index in [9.17, 15) is 14.4 Å². The van der Waals surface area contributed by atoms with Crippen molar-refractivity contribution < 1.29 is 28.6 Å². The van der Waals surface area contributed by atoms with E-state index in [-0.39, 0.29) is 38.0 Å². The maximum atomic E-state index is 12.7. The lowest BCUT2D eigenvalue weighted by Gasteiger charge is -2.18. The zero-order valence-corrected chi connectivity index (χ0v) is 39.8. The monoisotopic (exact) mass is 859 g/mol. The summed E-state index contributed by atoms with van der Waals surface area (Å²) >= 11 is 0. The number of hydrogen-bond donors (Lipinski definition) is 0. The molecule has 62 heavy (non-hydrogen) atoms. The third kappa shape index (κ3) is 47.1. The van der Waals surface area contributed by atoms with Crippen molar-refractivity contribution in [1.82, 2.24) is 0 Å². The highest BCUT2D eigenvalue weighted by molar-refractivity contribution is 5.72. The summed E-state index contributed by atoms with van der Waals surface area (Å²) in [6.45, 7) is 6.25. The predicted octanol–water partition coefficient (Wildman–Crippen LogP) is 16.4. The van der Waals surface area contributed by atoms with E-state index >= 15 is 0 Å².